The van der Waals surface area contributed by atoms with E-state index in [4.69, 9.17) is 16.3 Å². The lowest BCUT2D eigenvalue weighted by Crippen LogP contribution is -2.45. The van der Waals surface area contributed by atoms with E-state index in [0.29, 0.717) is 18.2 Å². The standard InChI is InChI=1S/C16H19ClN4O2/c1-18-16(22)15-11-20(10-13-6-7-19-21(13)15)8-9-23-14-4-2-12(17)3-5-14/h2-7,15H,8-11H2,1H3,(H,18,22). The summed E-state index contributed by atoms with van der Waals surface area (Å²) >= 11 is 5.85. The van der Waals surface area contributed by atoms with E-state index in [1.54, 1.807) is 30.1 Å². The molecule has 2 aromatic rings. The van der Waals surface area contributed by atoms with Gasteiger partial charge in [0.25, 0.3) is 0 Å². The van der Waals surface area contributed by atoms with Crippen LogP contribution in [-0.4, -0.2) is 47.3 Å². The molecule has 7 heteroatoms. The summed E-state index contributed by atoms with van der Waals surface area (Å²) in [6.45, 7) is 2.67. The molecule has 1 N–H and O–H groups in total. The fraction of sp³-hybridized carbons (Fsp3) is 0.375. The van der Waals surface area contributed by atoms with E-state index in [0.717, 1.165) is 24.5 Å². The average molecular weight is 335 g/mol. The number of rotatable bonds is 5. The molecular weight excluding hydrogens is 316 g/mol. The maximum atomic E-state index is 12.1. The summed E-state index contributed by atoms with van der Waals surface area (Å²) in [6, 6.07) is 8.95. The number of likely N-dealkylation sites (N-methyl/N-ethyl adjacent to an activating group) is 1. The van der Waals surface area contributed by atoms with Crippen molar-refractivity contribution >= 4 is 17.5 Å². The molecule has 1 aromatic carbocycles. The summed E-state index contributed by atoms with van der Waals surface area (Å²) in [6.07, 6.45) is 1.74. The van der Waals surface area contributed by atoms with E-state index >= 15 is 0 Å². The van der Waals surface area contributed by atoms with Gasteiger partial charge in [-0.1, -0.05) is 11.6 Å². The second-order valence-corrected chi connectivity index (χ2v) is 5.87. The minimum atomic E-state index is -0.297. The van der Waals surface area contributed by atoms with Gasteiger partial charge in [-0.2, -0.15) is 5.10 Å². The third kappa shape index (κ3) is 3.65. The Balaban J connectivity index is 1.59. The number of amides is 1. The molecule has 1 aliphatic heterocycles. The number of benzene rings is 1. The zero-order chi connectivity index (χ0) is 16.2. The number of nitrogens with zero attached hydrogens (tertiary/aromatic N) is 3. The minimum Gasteiger partial charge on any atom is -0.492 e. The lowest BCUT2D eigenvalue weighted by atomic mass is 10.2. The van der Waals surface area contributed by atoms with E-state index in [9.17, 15) is 4.79 Å². The maximum absolute atomic E-state index is 12.1. The van der Waals surface area contributed by atoms with Gasteiger partial charge in [-0.05, 0) is 30.3 Å². The Labute approximate surface area is 140 Å². The molecule has 6 nitrogen and oxygen atoms in total. The fourth-order valence-electron chi connectivity index (χ4n) is 2.72. The van der Waals surface area contributed by atoms with Crippen LogP contribution >= 0.6 is 11.6 Å². The molecule has 1 aliphatic rings. The summed E-state index contributed by atoms with van der Waals surface area (Å²) in [5.41, 5.74) is 1.04. The highest BCUT2D eigenvalue weighted by Crippen LogP contribution is 2.20. The van der Waals surface area contributed by atoms with E-state index in [-0.39, 0.29) is 11.9 Å². The van der Waals surface area contributed by atoms with Gasteiger partial charge in [0.15, 0.2) is 0 Å². The van der Waals surface area contributed by atoms with Crippen LogP contribution in [0, 0.1) is 0 Å². The number of halogens is 1. The van der Waals surface area contributed by atoms with E-state index < -0.39 is 0 Å². The molecule has 0 spiro atoms. The molecule has 0 aliphatic carbocycles. The Morgan fingerprint density at radius 2 is 2.17 bits per heavy atom. The van der Waals surface area contributed by atoms with Crippen LogP contribution in [0.1, 0.15) is 11.7 Å². The van der Waals surface area contributed by atoms with E-state index in [1.807, 2.05) is 18.2 Å². The Kier molecular flexibility index (Phi) is 4.83. The van der Waals surface area contributed by atoms with E-state index in [2.05, 4.69) is 15.3 Å². The molecule has 1 amide bonds. The Bertz CT molecular complexity index is 671. The highest BCUT2D eigenvalue weighted by molar-refractivity contribution is 6.30. The lowest BCUT2D eigenvalue weighted by Gasteiger charge is -2.32. The van der Waals surface area contributed by atoms with Crippen molar-refractivity contribution in [2.75, 3.05) is 26.7 Å². The van der Waals surface area contributed by atoms with Crippen molar-refractivity contribution in [1.82, 2.24) is 20.0 Å². The van der Waals surface area contributed by atoms with Crippen LogP contribution in [0.15, 0.2) is 36.5 Å². The number of fused-ring (bicyclic) bond motifs is 1. The Morgan fingerprint density at radius 1 is 1.39 bits per heavy atom. The topological polar surface area (TPSA) is 59.4 Å². The number of hydrogen-bond acceptors (Lipinski definition) is 4. The molecule has 0 fully saturated rings. The molecule has 0 radical (unpaired) electrons. The molecule has 122 valence electrons. The van der Waals surface area contributed by atoms with Crippen LogP contribution in [0.2, 0.25) is 5.02 Å². The number of ether oxygens (including phenoxy) is 1. The zero-order valence-corrected chi connectivity index (χ0v) is 13.7. The number of hydrogen-bond donors (Lipinski definition) is 1. The first kappa shape index (κ1) is 15.8. The second-order valence-electron chi connectivity index (χ2n) is 5.43. The molecule has 23 heavy (non-hydrogen) atoms. The number of carbonyl (C=O) groups excluding carboxylic acids is 1. The van der Waals surface area contributed by atoms with Gasteiger partial charge in [-0.25, -0.2) is 0 Å². The molecule has 2 heterocycles. The van der Waals surface area contributed by atoms with Gasteiger partial charge in [-0.3, -0.25) is 14.4 Å². The molecule has 0 bridgehead atoms. The first-order valence-corrected chi connectivity index (χ1v) is 7.90. The van der Waals surface area contributed by atoms with Crippen LogP contribution in [-0.2, 0) is 11.3 Å². The molecule has 3 rings (SSSR count). The van der Waals surface area contributed by atoms with E-state index in [1.165, 1.54) is 0 Å². The van der Waals surface area contributed by atoms with Crippen LogP contribution in [0.3, 0.4) is 0 Å². The van der Waals surface area contributed by atoms with Crippen molar-refractivity contribution in [1.29, 1.82) is 0 Å². The molecule has 1 aromatic heterocycles. The highest BCUT2D eigenvalue weighted by atomic mass is 35.5. The SMILES string of the molecule is CNC(=O)C1CN(CCOc2ccc(Cl)cc2)Cc2ccnn21. The third-order valence-electron chi connectivity index (χ3n) is 3.90. The van der Waals surface area contributed by atoms with Crippen LogP contribution < -0.4 is 10.1 Å². The summed E-state index contributed by atoms with van der Waals surface area (Å²) in [5, 5.41) is 7.66. The predicted molar refractivity (Wildman–Crippen MR) is 87.6 cm³/mol. The van der Waals surface area contributed by atoms with Crippen LogP contribution in [0.25, 0.3) is 0 Å². The summed E-state index contributed by atoms with van der Waals surface area (Å²) in [7, 11) is 1.65. The molecule has 0 saturated carbocycles. The van der Waals surface area contributed by atoms with Gasteiger partial charge in [0.1, 0.15) is 18.4 Å². The molecule has 0 saturated heterocycles. The zero-order valence-electron chi connectivity index (χ0n) is 12.9. The monoisotopic (exact) mass is 334 g/mol. The third-order valence-corrected chi connectivity index (χ3v) is 4.16. The van der Waals surface area contributed by atoms with Gasteiger partial charge >= 0.3 is 0 Å². The summed E-state index contributed by atoms with van der Waals surface area (Å²) in [5.74, 6) is 0.762. The normalized spacial score (nSPS) is 17.6. The smallest absolute Gasteiger partial charge is 0.245 e. The highest BCUT2D eigenvalue weighted by Gasteiger charge is 2.29. The van der Waals surface area contributed by atoms with Crippen molar-refractivity contribution in [3.63, 3.8) is 0 Å². The van der Waals surface area contributed by atoms with Gasteiger partial charge in [0.05, 0.1) is 5.69 Å². The fourth-order valence-corrected chi connectivity index (χ4v) is 2.84. The Morgan fingerprint density at radius 3 is 2.91 bits per heavy atom. The molecule has 1 unspecified atom stereocenters. The largest absolute Gasteiger partial charge is 0.492 e. The quantitative estimate of drug-likeness (QED) is 0.904. The van der Waals surface area contributed by atoms with Crippen LogP contribution in [0.5, 0.6) is 5.75 Å². The number of nitrogens with one attached hydrogen (secondary N) is 1. The van der Waals surface area contributed by atoms with Gasteiger partial charge in [0, 0.05) is 37.9 Å². The van der Waals surface area contributed by atoms with Crippen molar-refractivity contribution < 1.29 is 9.53 Å². The van der Waals surface area contributed by atoms with Gasteiger partial charge in [-0.15, -0.1) is 0 Å². The lowest BCUT2D eigenvalue weighted by molar-refractivity contribution is -0.125. The van der Waals surface area contributed by atoms with Crippen molar-refractivity contribution in [2.45, 2.75) is 12.6 Å². The molecular formula is C16H19ClN4O2. The van der Waals surface area contributed by atoms with Crippen molar-refractivity contribution in [2.24, 2.45) is 0 Å². The van der Waals surface area contributed by atoms with Gasteiger partial charge < -0.3 is 10.1 Å². The average Bonchev–Trinajstić information content (AvgIpc) is 3.03. The predicted octanol–water partition coefficient (Wildman–Crippen LogP) is 1.72. The van der Waals surface area contributed by atoms with Crippen LogP contribution in [0.4, 0.5) is 0 Å². The summed E-state index contributed by atoms with van der Waals surface area (Å²) in [4.78, 5) is 14.3. The maximum Gasteiger partial charge on any atom is 0.245 e. The first-order valence-electron chi connectivity index (χ1n) is 7.52. The van der Waals surface area contributed by atoms with Crippen molar-refractivity contribution in [3.05, 3.63) is 47.2 Å². The molecule has 1 atom stereocenters. The minimum absolute atomic E-state index is 0.0294. The summed E-state index contributed by atoms with van der Waals surface area (Å²) < 4.78 is 7.53. The second kappa shape index (κ2) is 7.02. The first-order chi connectivity index (χ1) is 11.2. The van der Waals surface area contributed by atoms with Gasteiger partial charge in [0.2, 0.25) is 5.91 Å². The number of aromatic nitrogens is 2. The number of carbonyl (C=O) groups is 1. The Hall–Kier alpha value is -2.05. The van der Waals surface area contributed by atoms with Crippen molar-refractivity contribution in [3.8, 4) is 5.75 Å².